The SMILES string of the molecule is Cc1ccc(C)c(-c2nc(N)cc(C3CCCC3)n2)c1. The van der Waals surface area contributed by atoms with Gasteiger partial charge in [-0.3, -0.25) is 0 Å². The van der Waals surface area contributed by atoms with Gasteiger partial charge in [-0.05, 0) is 38.3 Å². The highest BCUT2D eigenvalue weighted by molar-refractivity contribution is 5.62. The summed E-state index contributed by atoms with van der Waals surface area (Å²) in [6.07, 6.45) is 5.05. The molecule has 0 bridgehead atoms. The zero-order valence-corrected chi connectivity index (χ0v) is 12.2. The lowest BCUT2D eigenvalue weighted by molar-refractivity contribution is 0.696. The maximum absolute atomic E-state index is 6.00. The van der Waals surface area contributed by atoms with E-state index in [0.29, 0.717) is 11.7 Å². The first-order valence-electron chi connectivity index (χ1n) is 7.35. The minimum Gasteiger partial charge on any atom is -0.384 e. The number of aromatic nitrogens is 2. The fraction of sp³-hybridized carbons (Fsp3) is 0.412. The number of nitrogens with zero attached hydrogens (tertiary/aromatic N) is 2. The van der Waals surface area contributed by atoms with E-state index in [1.54, 1.807) is 0 Å². The molecule has 3 rings (SSSR count). The van der Waals surface area contributed by atoms with Crippen LogP contribution in [0.15, 0.2) is 24.3 Å². The van der Waals surface area contributed by atoms with Gasteiger partial charge in [0.2, 0.25) is 0 Å². The van der Waals surface area contributed by atoms with Crippen molar-refractivity contribution in [1.29, 1.82) is 0 Å². The molecule has 0 amide bonds. The molecule has 0 radical (unpaired) electrons. The number of benzene rings is 1. The summed E-state index contributed by atoms with van der Waals surface area (Å²) in [5.74, 6) is 1.91. The molecular weight excluding hydrogens is 246 g/mol. The summed E-state index contributed by atoms with van der Waals surface area (Å²) in [4.78, 5) is 9.24. The second-order valence-electron chi connectivity index (χ2n) is 5.84. The van der Waals surface area contributed by atoms with Crippen LogP contribution in [0.1, 0.15) is 48.4 Å². The van der Waals surface area contributed by atoms with E-state index in [1.165, 1.54) is 36.8 Å². The van der Waals surface area contributed by atoms with Crippen molar-refractivity contribution in [2.24, 2.45) is 0 Å². The average Bonchev–Trinajstić information content (AvgIpc) is 2.95. The third-order valence-electron chi connectivity index (χ3n) is 4.17. The molecule has 1 aliphatic rings. The molecule has 3 heteroatoms. The number of nitrogen functional groups attached to an aromatic ring is 1. The summed E-state index contributed by atoms with van der Waals surface area (Å²) in [7, 11) is 0. The van der Waals surface area contributed by atoms with Gasteiger partial charge in [-0.2, -0.15) is 0 Å². The van der Waals surface area contributed by atoms with E-state index in [9.17, 15) is 0 Å². The predicted molar refractivity (Wildman–Crippen MR) is 82.6 cm³/mol. The molecule has 1 aromatic carbocycles. The highest BCUT2D eigenvalue weighted by Crippen LogP contribution is 2.34. The quantitative estimate of drug-likeness (QED) is 0.894. The van der Waals surface area contributed by atoms with Crippen LogP contribution in [0.4, 0.5) is 5.82 Å². The lowest BCUT2D eigenvalue weighted by atomic mass is 10.0. The van der Waals surface area contributed by atoms with Gasteiger partial charge in [0.05, 0.1) is 0 Å². The van der Waals surface area contributed by atoms with E-state index in [-0.39, 0.29) is 0 Å². The number of rotatable bonds is 2. The standard InChI is InChI=1S/C17H21N3/c1-11-7-8-12(2)14(9-11)17-19-15(10-16(18)20-17)13-5-3-4-6-13/h7-10,13H,3-6H2,1-2H3,(H2,18,19,20). The van der Waals surface area contributed by atoms with Gasteiger partial charge < -0.3 is 5.73 Å². The van der Waals surface area contributed by atoms with Crippen LogP contribution in [0.2, 0.25) is 0 Å². The second kappa shape index (κ2) is 5.23. The van der Waals surface area contributed by atoms with Crippen molar-refractivity contribution in [3.05, 3.63) is 41.1 Å². The molecular formula is C17H21N3. The Morgan fingerprint density at radius 3 is 2.55 bits per heavy atom. The molecule has 2 N–H and O–H groups in total. The largest absolute Gasteiger partial charge is 0.384 e. The van der Waals surface area contributed by atoms with Crippen LogP contribution >= 0.6 is 0 Å². The van der Waals surface area contributed by atoms with Crippen molar-refractivity contribution in [2.45, 2.75) is 45.4 Å². The summed E-state index contributed by atoms with van der Waals surface area (Å²) >= 11 is 0. The topological polar surface area (TPSA) is 51.8 Å². The first kappa shape index (κ1) is 13.1. The molecule has 1 heterocycles. The van der Waals surface area contributed by atoms with Gasteiger partial charge in [0.15, 0.2) is 5.82 Å². The van der Waals surface area contributed by atoms with E-state index in [2.05, 4.69) is 37.0 Å². The fourth-order valence-corrected chi connectivity index (χ4v) is 3.01. The molecule has 3 nitrogen and oxygen atoms in total. The van der Waals surface area contributed by atoms with Gasteiger partial charge in [0.25, 0.3) is 0 Å². The third-order valence-corrected chi connectivity index (χ3v) is 4.17. The Morgan fingerprint density at radius 1 is 1.05 bits per heavy atom. The highest BCUT2D eigenvalue weighted by Gasteiger charge is 2.20. The number of nitrogens with two attached hydrogens (primary N) is 1. The maximum atomic E-state index is 6.00. The Bertz CT molecular complexity index is 628. The fourth-order valence-electron chi connectivity index (χ4n) is 3.01. The molecule has 104 valence electrons. The van der Waals surface area contributed by atoms with Crippen LogP contribution in [0, 0.1) is 13.8 Å². The van der Waals surface area contributed by atoms with Gasteiger partial charge in [-0.25, -0.2) is 9.97 Å². The normalized spacial score (nSPS) is 15.7. The summed E-state index contributed by atoms with van der Waals surface area (Å²) in [5.41, 5.74) is 10.6. The molecule has 0 unspecified atom stereocenters. The lowest BCUT2D eigenvalue weighted by Crippen LogP contribution is -2.04. The van der Waals surface area contributed by atoms with Crippen LogP contribution < -0.4 is 5.73 Å². The predicted octanol–water partition coefficient (Wildman–Crippen LogP) is 4.00. The van der Waals surface area contributed by atoms with Crippen molar-refractivity contribution in [2.75, 3.05) is 5.73 Å². The van der Waals surface area contributed by atoms with Crippen LogP contribution in [-0.2, 0) is 0 Å². The van der Waals surface area contributed by atoms with E-state index < -0.39 is 0 Å². The van der Waals surface area contributed by atoms with Gasteiger partial charge in [-0.15, -0.1) is 0 Å². The van der Waals surface area contributed by atoms with Crippen molar-refractivity contribution in [3.8, 4) is 11.4 Å². The molecule has 20 heavy (non-hydrogen) atoms. The number of anilines is 1. The van der Waals surface area contributed by atoms with Crippen molar-refractivity contribution < 1.29 is 0 Å². The van der Waals surface area contributed by atoms with E-state index >= 15 is 0 Å². The molecule has 1 aromatic heterocycles. The van der Waals surface area contributed by atoms with Crippen LogP contribution in [0.3, 0.4) is 0 Å². The molecule has 1 saturated carbocycles. The molecule has 0 saturated heterocycles. The molecule has 0 spiro atoms. The van der Waals surface area contributed by atoms with Gasteiger partial charge >= 0.3 is 0 Å². The minimum absolute atomic E-state index is 0.559. The first-order valence-corrected chi connectivity index (χ1v) is 7.35. The monoisotopic (exact) mass is 267 g/mol. The molecule has 2 aromatic rings. The zero-order chi connectivity index (χ0) is 14.1. The summed E-state index contributed by atoms with van der Waals surface area (Å²) in [6, 6.07) is 8.32. The average molecular weight is 267 g/mol. The molecule has 1 aliphatic carbocycles. The van der Waals surface area contributed by atoms with Gasteiger partial charge in [0.1, 0.15) is 5.82 Å². The molecule has 1 fully saturated rings. The van der Waals surface area contributed by atoms with Crippen LogP contribution in [0.25, 0.3) is 11.4 Å². The van der Waals surface area contributed by atoms with E-state index in [4.69, 9.17) is 10.7 Å². The van der Waals surface area contributed by atoms with Crippen LogP contribution in [-0.4, -0.2) is 9.97 Å². The number of hydrogen-bond acceptors (Lipinski definition) is 3. The van der Waals surface area contributed by atoms with Crippen molar-refractivity contribution >= 4 is 5.82 Å². The summed E-state index contributed by atoms with van der Waals surface area (Å²) in [6.45, 7) is 4.18. The highest BCUT2D eigenvalue weighted by atomic mass is 14.9. The second-order valence-corrected chi connectivity index (χ2v) is 5.84. The smallest absolute Gasteiger partial charge is 0.162 e. The van der Waals surface area contributed by atoms with Gasteiger partial charge in [-0.1, -0.05) is 30.5 Å². The Kier molecular flexibility index (Phi) is 3.43. The Hall–Kier alpha value is -1.90. The van der Waals surface area contributed by atoms with E-state index in [0.717, 1.165) is 17.1 Å². The summed E-state index contributed by atoms with van der Waals surface area (Å²) < 4.78 is 0. The number of hydrogen-bond donors (Lipinski definition) is 1. The van der Waals surface area contributed by atoms with Crippen molar-refractivity contribution in [3.63, 3.8) is 0 Å². The van der Waals surface area contributed by atoms with Crippen molar-refractivity contribution in [1.82, 2.24) is 9.97 Å². The zero-order valence-electron chi connectivity index (χ0n) is 12.2. The Balaban J connectivity index is 2.06. The van der Waals surface area contributed by atoms with E-state index in [1.807, 2.05) is 6.07 Å². The Labute approximate surface area is 120 Å². The first-order chi connectivity index (χ1) is 9.63. The molecule has 0 atom stereocenters. The third kappa shape index (κ3) is 2.53. The minimum atomic E-state index is 0.559. The lowest BCUT2D eigenvalue weighted by Gasteiger charge is -2.12. The van der Waals surface area contributed by atoms with Crippen LogP contribution in [0.5, 0.6) is 0 Å². The number of aryl methyl sites for hydroxylation is 2. The molecule has 0 aliphatic heterocycles. The summed E-state index contributed by atoms with van der Waals surface area (Å²) in [5, 5.41) is 0. The Morgan fingerprint density at radius 2 is 1.80 bits per heavy atom. The maximum Gasteiger partial charge on any atom is 0.162 e. The van der Waals surface area contributed by atoms with Gasteiger partial charge in [0, 0.05) is 23.2 Å².